The van der Waals surface area contributed by atoms with E-state index in [0.717, 1.165) is 11.3 Å². The van der Waals surface area contributed by atoms with Gasteiger partial charge in [-0.3, -0.25) is 4.79 Å². The first-order valence-electron chi connectivity index (χ1n) is 5.30. The van der Waals surface area contributed by atoms with E-state index in [1.54, 1.807) is 29.8 Å². The Bertz CT molecular complexity index is 652. The van der Waals surface area contributed by atoms with Gasteiger partial charge in [-0.05, 0) is 23.8 Å². The fourth-order valence-corrected chi connectivity index (χ4v) is 2.29. The molecule has 2 aromatic rings. The normalized spacial score (nSPS) is 10.7. The molecule has 0 saturated carbocycles. The van der Waals surface area contributed by atoms with E-state index in [2.05, 4.69) is 12.6 Å². The Morgan fingerprint density at radius 3 is 2.50 bits per heavy atom. The van der Waals surface area contributed by atoms with Crippen molar-refractivity contribution in [2.75, 3.05) is 0 Å². The van der Waals surface area contributed by atoms with Gasteiger partial charge in [-0.25, -0.2) is 0 Å². The minimum atomic E-state index is -0.0476. The average molecular weight is 300 g/mol. The minimum absolute atomic E-state index is 0.0476. The third kappa shape index (κ3) is 2.44. The summed E-state index contributed by atoms with van der Waals surface area (Å²) in [5.74, 6) is 0.425. The summed E-state index contributed by atoms with van der Waals surface area (Å²) < 4.78 is 1.59. The second kappa shape index (κ2) is 5.39. The second-order valence-electron chi connectivity index (χ2n) is 3.89. The van der Waals surface area contributed by atoms with Crippen molar-refractivity contribution in [2.45, 2.75) is 5.75 Å². The first-order chi connectivity index (χ1) is 8.54. The number of nitrogens with zero attached hydrogens (tertiary/aromatic N) is 1. The molecule has 1 heterocycles. The molecule has 0 amide bonds. The molecule has 0 bridgehead atoms. The largest absolute Gasteiger partial charge is 0.311 e. The van der Waals surface area contributed by atoms with E-state index in [1.165, 1.54) is 0 Å². The molecule has 0 fully saturated rings. The van der Waals surface area contributed by atoms with E-state index in [9.17, 15) is 4.79 Å². The SMILES string of the molecule is Cn1c(-c2ccc(Cl)c(Cl)c2)ccc(CS)c1=O. The summed E-state index contributed by atoms with van der Waals surface area (Å²) in [5, 5.41) is 0.970. The van der Waals surface area contributed by atoms with Crippen LogP contribution >= 0.6 is 35.8 Å². The minimum Gasteiger partial charge on any atom is -0.311 e. The molecular formula is C13H11Cl2NOS. The van der Waals surface area contributed by atoms with Crippen molar-refractivity contribution < 1.29 is 0 Å². The first kappa shape index (κ1) is 13.5. The van der Waals surface area contributed by atoms with Gasteiger partial charge in [0.05, 0.1) is 15.7 Å². The van der Waals surface area contributed by atoms with Crippen molar-refractivity contribution >= 4 is 35.8 Å². The number of thiol groups is 1. The predicted octanol–water partition coefficient (Wildman–Crippen LogP) is 3.79. The van der Waals surface area contributed by atoms with Gasteiger partial charge in [0.1, 0.15) is 0 Å². The van der Waals surface area contributed by atoms with Gasteiger partial charge in [-0.1, -0.05) is 35.3 Å². The molecule has 0 radical (unpaired) electrons. The van der Waals surface area contributed by atoms with Crippen LogP contribution in [0.15, 0.2) is 35.1 Å². The van der Waals surface area contributed by atoms with Crippen molar-refractivity contribution in [3.63, 3.8) is 0 Å². The molecule has 0 saturated heterocycles. The van der Waals surface area contributed by atoms with E-state index in [-0.39, 0.29) is 5.56 Å². The summed E-state index contributed by atoms with van der Waals surface area (Å²) in [6, 6.07) is 8.97. The van der Waals surface area contributed by atoms with Crippen LogP contribution in [-0.2, 0) is 12.8 Å². The maximum Gasteiger partial charge on any atom is 0.254 e. The lowest BCUT2D eigenvalue weighted by Crippen LogP contribution is -2.21. The summed E-state index contributed by atoms with van der Waals surface area (Å²) in [6.45, 7) is 0. The van der Waals surface area contributed by atoms with Gasteiger partial charge < -0.3 is 4.57 Å². The van der Waals surface area contributed by atoms with Crippen LogP contribution in [0.5, 0.6) is 0 Å². The van der Waals surface area contributed by atoms with Gasteiger partial charge >= 0.3 is 0 Å². The molecule has 0 aliphatic heterocycles. The number of rotatable bonds is 2. The van der Waals surface area contributed by atoms with E-state index in [0.29, 0.717) is 21.4 Å². The average Bonchev–Trinajstić information content (AvgIpc) is 2.36. The van der Waals surface area contributed by atoms with Crippen LogP contribution in [-0.4, -0.2) is 4.57 Å². The number of aromatic nitrogens is 1. The second-order valence-corrected chi connectivity index (χ2v) is 5.03. The third-order valence-electron chi connectivity index (χ3n) is 2.77. The Morgan fingerprint density at radius 1 is 1.17 bits per heavy atom. The molecular weight excluding hydrogens is 289 g/mol. The standard InChI is InChI=1S/C13H11Cl2NOS/c1-16-12(5-3-9(7-18)13(16)17)8-2-4-10(14)11(15)6-8/h2-6,18H,7H2,1H3. The van der Waals surface area contributed by atoms with E-state index < -0.39 is 0 Å². The van der Waals surface area contributed by atoms with Gasteiger partial charge in [0.25, 0.3) is 5.56 Å². The molecule has 0 spiro atoms. The molecule has 18 heavy (non-hydrogen) atoms. The molecule has 2 nitrogen and oxygen atoms in total. The molecule has 5 heteroatoms. The van der Waals surface area contributed by atoms with Gasteiger partial charge in [-0.15, -0.1) is 0 Å². The van der Waals surface area contributed by atoms with Crippen LogP contribution in [0.25, 0.3) is 11.3 Å². The summed E-state index contributed by atoms with van der Waals surface area (Å²) in [4.78, 5) is 12.0. The number of halogens is 2. The Morgan fingerprint density at radius 2 is 1.89 bits per heavy atom. The highest BCUT2D eigenvalue weighted by Crippen LogP contribution is 2.27. The molecule has 94 valence electrons. The summed E-state index contributed by atoms with van der Waals surface area (Å²) in [6.07, 6.45) is 0. The Kier molecular flexibility index (Phi) is 4.05. The fourth-order valence-electron chi connectivity index (χ4n) is 1.75. The number of hydrogen-bond donors (Lipinski definition) is 1. The quantitative estimate of drug-likeness (QED) is 0.837. The highest BCUT2D eigenvalue weighted by atomic mass is 35.5. The van der Waals surface area contributed by atoms with Crippen LogP contribution in [0.3, 0.4) is 0 Å². The van der Waals surface area contributed by atoms with Crippen LogP contribution in [0, 0.1) is 0 Å². The zero-order chi connectivity index (χ0) is 13.3. The molecule has 0 aliphatic carbocycles. The number of benzene rings is 1. The monoisotopic (exact) mass is 299 g/mol. The zero-order valence-corrected chi connectivity index (χ0v) is 12.1. The lowest BCUT2D eigenvalue weighted by atomic mass is 10.1. The van der Waals surface area contributed by atoms with Crippen LogP contribution in [0.2, 0.25) is 10.0 Å². The van der Waals surface area contributed by atoms with E-state index in [1.807, 2.05) is 12.1 Å². The van der Waals surface area contributed by atoms with Crippen LogP contribution in [0.1, 0.15) is 5.56 Å². The smallest absolute Gasteiger partial charge is 0.254 e. The van der Waals surface area contributed by atoms with Gasteiger partial charge in [0, 0.05) is 18.4 Å². The summed E-state index contributed by atoms with van der Waals surface area (Å²) in [7, 11) is 1.73. The molecule has 1 aromatic heterocycles. The highest BCUT2D eigenvalue weighted by Gasteiger charge is 2.08. The molecule has 0 N–H and O–H groups in total. The van der Waals surface area contributed by atoms with Crippen molar-refractivity contribution in [1.82, 2.24) is 4.57 Å². The molecule has 0 unspecified atom stereocenters. The van der Waals surface area contributed by atoms with Crippen LogP contribution in [0.4, 0.5) is 0 Å². The molecule has 0 atom stereocenters. The van der Waals surface area contributed by atoms with Crippen molar-refractivity contribution in [1.29, 1.82) is 0 Å². The first-order valence-corrected chi connectivity index (χ1v) is 6.68. The lowest BCUT2D eigenvalue weighted by Gasteiger charge is -2.10. The Balaban J connectivity index is 2.61. The zero-order valence-electron chi connectivity index (χ0n) is 9.65. The fraction of sp³-hybridized carbons (Fsp3) is 0.154. The van der Waals surface area contributed by atoms with Gasteiger partial charge in [-0.2, -0.15) is 12.6 Å². The topological polar surface area (TPSA) is 22.0 Å². The van der Waals surface area contributed by atoms with Gasteiger partial charge in [0.2, 0.25) is 0 Å². The third-order valence-corrected chi connectivity index (χ3v) is 3.85. The maximum atomic E-state index is 12.0. The lowest BCUT2D eigenvalue weighted by molar-refractivity contribution is 0.857. The highest BCUT2D eigenvalue weighted by molar-refractivity contribution is 7.79. The predicted molar refractivity (Wildman–Crippen MR) is 79.8 cm³/mol. The van der Waals surface area contributed by atoms with Crippen molar-refractivity contribution in [3.05, 3.63) is 56.3 Å². The van der Waals surface area contributed by atoms with Crippen molar-refractivity contribution in [2.24, 2.45) is 7.05 Å². The molecule has 0 aliphatic rings. The molecule has 2 rings (SSSR count). The number of hydrogen-bond acceptors (Lipinski definition) is 2. The summed E-state index contributed by atoms with van der Waals surface area (Å²) in [5.41, 5.74) is 2.28. The summed E-state index contributed by atoms with van der Waals surface area (Å²) >= 11 is 16.0. The van der Waals surface area contributed by atoms with E-state index in [4.69, 9.17) is 23.2 Å². The van der Waals surface area contributed by atoms with E-state index >= 15 is 0 Å². The maximum absolute atomic E-state index is 12.0. The van der Waals surface area contributed by atoms with Crippen LogP contribution < -0.4 is 5.56 Å². The van der Waals surface area contributed by atoms with Gasteiger partial charge in [0.15, 0.2) is 0 Å². The Hall–Kier alpha value is -0.900. The van der Waals surface area contributed by atoms with Crippen molar-refractivity contribution in [3.8, 4) is 11.3 Å². The Labute approximate surface area is 121 Å². The number of pyridine rings is 1. The molecule has 1 aromatic carbocycles.